The molecule has 0 bridgehead atoms. The van der Waals surface area contributed by atoms with E-state index in [1.807, 2.05) is 0 Å². The molecule has 0 atom stereocenters. The zero-order valence-corrected chi connectivity index (χ0v) is 10.9. The second kappa shape index (κ2) is 5.13. The third-order valence-corrected chi connectivity index (χ3v) is 4.33. The number of anilines is 1. The SMILES string of the molecule is O=C1CCCc2ccc(C3CCCCC3)cc2N1. The van der Waals surface area contributed by atoms with Crippen LogP contribution < -0.4 is 5.32 Å². The lowest BCUT2D eigenvalue weighted by Crippen LogP contribution is -2.10. The Balaban J connectivity index is 1.86. The fourth-order valence-electron chi connectivity index (χ4n) is 3.27. The molecule has 2 nitrogen and oxygen atoms in total. The molecule has 1 saturated carbocycles. The average molecular weight is 243 g/mol. The molecule has 3 rings (SSSR count). The van der Waals surface area contributed by atoms with Crippen molar-refractivity contribution in [3.63, 3.8) is 0 Å². The van der Waals surface area contributed by atoms with Crippen molar-refractivity contribution in [1.82, 2.24) is 0 Å². The second-order valence-corrected chi connectivity index (χ2v) is 5.65. The van der Waals surface area contributed by atoms with Crippen molar-refractivity contribution >= 4 is 11.6 Å². The summed E-state index contributed by atoms with van der Waals surface area (Å²) in [5.41, 5.74) is 3.80. The maximum Gasteiger partial charge on any atom is 0.224 e. The van der Waals surface area contributed by atoms with Crippen LogP contribution in [0.25, 0.3) is 0 Å². The minimum absolute atomic E-state index is 0.176. The first-order valence-corrected chi connectivity index (χ1v) is 7.25. The molecule has 1 aromatic rings. The Bertz CT molecular complexity index is 446. The second-order valence-electron chi connectivity index (χ2n) is 5.65. The monoisotopic (exact) mass is 243 g/mol. The Hall–Kier alpha value is -1.31. The minimum atomic E-state index is 0.176. The van der Waals surface area contributed by atoms with E-state index < -0.39 is 0 Å². The maximum absolute atomic E-state index is 11.6. The van der Waals surface area contributed by atoms with Gasteiger partial charge in [-0.2, -0.15) is 0 Å². The van der Waals surface area contributed by atoms with Crippen molar-refractivity contribution in [3.05, 3.63) is 29.3 Å². The van der Waals surface area contributed by atoms with E-state index in [0.717, 1.165) is 18.5 Å². The quantitative estimate of drug-likeness (QED) is 0.793. The summed E-state index contributed by atoms with van der Waals surface area (Å²) in [4.78, 5) is 11.6. The van der Waals surface area contributed by atoms with Crippen LogP contribution in [-0.2, 0) is 11.2 Å². The van der Waals surface area contributed by atoms with Gasteiger partial charge in [-0.1, -0.05) is 31.4 Å². The molecule has 1 aliphatic heterocycles. The summed E-state index contributed by atoms with van der Waals surface area (Å²) in [6, 6.07) is 6.74. The summed E-state index contributed by atoms with van der Waals surface area (Å²) in [5, 5.41) is 3.06. The van der Waals surface area contributed by atoms with Gasteiger partial charge >= 0.3 is 0 Å². The van der Waals surface area contributed by atoms with E-state index in [9.17, 15) is 4.79 Å². The molecule has 1 heterocycles. The lowest BCUT2D eigenvalue weighted by molar-refractivity contribution is -0.116. The van der Waals surface area contributed by atoms with E-state index in [-0.39, 0.29) is 5.91 Å². The van der Waals surface area contributed by atoms with Gasteiger partial charge in [-0.05, 0) is 48.8 Å². The van der Waals surface area contributed by atoms with Gasteiger partial charge in [0.1, 0.15) is 0 Å². The molecule has 1 amide bonds. The molecule has 1 aliphatic carbocycles. The zero-order chi connectivity index (χ0) is 12.4. The standard InChI is InChI=1S/C16H21NO/c18-16-8-4-7-13-9-10-14(11-15(13)17-16)12-5-2-1-3-6-12/h9-12H,1-8H2,(H,17,18). The normalized spacial score (nSPS) is 21.0. The minimum Gasteiger partial charge on any atom is -0.326 e. The molecule has 0 unspecified atom stereocenters. The molecular weight excluding hydrogens is 222 g/mol. The number of fused-ring (bicyclic) bond motifs is 1. The number of rotatable bonds is 1. The smallest absolute Gasteiger partial charge is 0.224 e. The van der Waals surface area contributed by atoms with Crippen LogP contribution in [0, 0.1) is 0 Å². The molecule has 18 heavy (non-hydrogen) atoms. The van der Waals surface area contributed by atoms with E-state index in [0.29, 0.717) is 12.3 Å². The van der Waals surface area contributed by atoms with Gasteiger partial charge in [0.2, 0.25) is 5.91 Å². The predicted octanol–water partition coefficient (Wildman–Crippen LogP) is 4.01. The highest BCUT2D eigenvalue weighted by Gasteiger charge is 2.18. The van der Waals surface area contributed by atoms with Gasteiger partial charge in [0.25, 0.3) is 0 Å². The van der Waals surface area contributed by atoms with Crippen LogP contribution in [0.4, 0.5) is 5.69 Å². The molecule has 0 radical (unpaired) electrons. The van der Waals surface area contributed by atoms with Gasteiger partial charge < -0.3 is 5.32 Å². The summed E-state index contributed by atoms with van der Waals surface area (Å²) in [6.45, 7) is 0. The lowest BCUT2D eigenvalue weighted by atomic mass is 9.83. The lowest BCUT2D eigenvalue weighted by Gasteiger charge is -2.23. The van der Waals surface area contributed by atoms with Gasteiger partial charge in [-0.25, -0.2) is 0 Å². The van der Waals surface area contributed by atoms with Crippen molar-refractivity contribution in [2.45, 2.75) is 57.3 Å². The molecule has 1 N–H and O–H groups in total. The summed E-state index contributed by atoms with van der Waals surface area (Å²) >= 11 is 0. The van der Waals surface area contributed by atoms with Crippen LogP contribution in [0.5, 0.6) is 0 Å². The number of amides is 1. The van der Waals surface area contributed by atoms with E-state index in [4.69, 9.17) is 0 Å². The van der Waals surface area contributed by atoms with E-state index in [2.05, 4.69) is 23.5 Å². The molecule has 2 heteroatoms. The maximum atomic E-state index is 11.6. The Labute approximate surface area is 109 Å². The fourth-order valence-corrected chi connectivity index (χ4v) is 3.27. The highest BCUT2D eigenvalue weighted by molar-refractivity contribution is 5.92. The first-order chi connectivity index (χ1) is 8.83. The van der Waals surface area contributed by atoms with Gasteiger partial charge in [0.15, 0.2) is 0 Å². The van der Waals surface area contributed by atoms with E-state index in [1.54, 1.807) is 0 Å². The van der Waals surface area contributed by atoms with Crippen molar-refractivity contribution in [2.24, 2.45) is 0 Å². The van der Waals surface area contributed by atoms with Gasteiger partial charge in [-0.3, -0.25) is 4.79 Å². The number of carbonyl (C=O) groups excluding carboxylic acids is 1. The van der Waals surface area contributed by atoms with Gasteiger partial charge in [0.05, 0.1) is 0 Å². The van der Waals surface area contributed by atoms with Crippen LogP contribution >= 0.6 is 0 Å². The number of aryl methyl sites for hydroxylation is 1. The van der Waals surface area contributed by atoms with Crippen LogP contribution in [0.1, 0.15) is 62.0 Å². The van der Waals surface area contributed by atoms with Crippen molar-refractivity contribution in [3.8, 4) is 0 Å². The number of benzene rings is 1. The number of carbonyl (C=O) groups is 1. The highest BCUT2D eigenvalue weighted by atomic mass is 16.1. The fraction of sp³-hybridized carbons (Fsp3) is 0.562. The molecule has 0 saturated heterocycles. The summed E-state index contributed by atoms with van der Waals surface area (Å²) in [5.74, 6) is 0.888. The largest absolute Gasteiger partial charge is 0.326 e. The molecule has 2 aliphatic rings. The van der Waals surface area contributed by atoms with Crippen LogP contribution in [-0.4, -0.2) is 5.91 Å². The summed E-state index contributed by atoms with van der Waals surface area (Å²) in [7, 11) is 0. The Morgan fingerprint density at radius 1 is 1.00 bits per heavy atom. The molecule has 96 valence electrons. The third-order valence-electron chi connectivity index (χ3n) is 4.33. The summed E-state index contributed by atoms with van der Waals surface area (Å²) < 4.78 is 0. The predicted molar refractivity (Wildman–Crippen MR) is 73.8 cm³/mol. The van der Waals surface area contributed by atoms with Crippen LogP contribution in [0.15, 0.2) is 18.2 Å². The Morgan fingerprint density at radius 3 is 2.67 bits per heavy atom. The third kappa shape index (κ3) is 2.43. The topological polar surface area (TPSA) is 29.1 Å². The van der Waals surface area contributed by atoms with Crippen molar-refractivity contribution in [2.75, 3.05) is 5.32 Å². The van der Waals surface area contributed by atoms with Crippen molar-refractivity contribution < 1.29 is 4.79 Å². The number of hydrogen-bond acceptors (Lipinski definition) is 1. The number of nitrogens with one attached hydrogen (secondary N) is 1. The highest BCUT2D eigenvalue weighted by Crippen LogP contribution is 2.35. The molecule has 1 aromatic carbocycles. The first-order valence-electron chi connectivity index (χ1n) is 7.25. The van der Waals surface area contributed by atoms with E-state index >= 15 is 0 Å². The molecule has 0 spiro atoms. The van der Waals surface area contributed by atoms with Gasteiger partial charge in [0, 0.05) is 12.1 Å². The van der Waals surface area contributed by atoms with Crippen LogP contribution in [0.2, 0.25) is 0 Å². The number of hydrogen-bond donors (Lipinski definition) is 1. The first kappa shape index (κ1) is 11.8. The summed E-state index contributed by atoms with van der Waals surface area (Å²) in [6.07, 6.45) is 9.38. The van der Waals surface area contributed by atoms with Gasteiger partial charge in [-0.15, -0.1) is 0 Å². The average Bonchev–Trinajstić information content (AvgIpc) is 2.59. The van der Waals surface area contributed by atoms with Crippen LogP contribution in [0.3, 0.4) is 0 Å². The zero-order valence-electron chi connectivity index (χ0n) is 10.9. The molecule has 1 fully saturated rings. The Morgan fingerprint density at radius 2 is 1.83 bits per heavy atom. The molecule has 0 aromatic heterocycles. The Kier molecular flexibility index (Phi) is 3.35. The van der Waals surface area contributed by atoms with E-state index in [1.165, 1.54) is 43.2 Å². The molecular formula is C16H21NO. The van der Waals surface area contributed by atoms with Crippen molar-refractivity contribution in [1.29, 1.82) is 0 Å².